The lowest BCUT2D eigenvalue weighted by atomic mass is 10.2. The van der Waals surface area contributed by atoms with E-state index < -0.39 is 0 Å². The highest BCUT2D eigenvalue weighted by Crippen LogP contribution is 1.98. The van der Waals surface area contributed by atoms with Gasteiger partial charge in [-0.2, -0.15) is 5.10 Å². The SMILES string of the molecule is C#CCNCC(=O)c1cnn(CC)c1. The van der Waals surface area contributed by atoms with Crippen LogP contribution < -0.4 is 5.32 Å². The van der Waals surface area contributed by atoms with Crippen molar-refractivity contribution in [1.82, 2.24) is 15.1 Å². The van der Waals surface area contributed by atoms with Gasteiger partial charge in [0.25, 0.3) is 0 Å². The molecule has 1 heterocycles. The van der Waals surface area contributed by atoms with Gasteiger partial charge in [0.15, 0.2) is 5.78 Å². The highest BCUT2D eigenvalue weighted by molar-refractivity contribution is 5.97. The highest BCUT2D eigenvalue weighted by atomic mass is 16.1. The largest absolute Gasteiger partial charge is 0.299 e. The minimum Gasteiger partial charge on any atom is -0.299 e. The maximum Gasteiger partial charge on any atom is 0.179 e. The normalized spacial score (nSPS) is 9.71. The van der Waals surface area contributed by atoms with Crippen LogP contribution in [0.1, 0.15) is 17.3 Å². The molecule has 1 rings (SSSR count). The fourth-order valence-corrected chi connectivity index (χ4v) is 1.03. The van der Waals surface area contributed by atoms with E-state index in [4.69, 9.17) is 6.42 Å². The lowest BCUT2D eigenvalue weighted by molar-refractivity contribution is 0.0992. The Morgan fingerprint density at radius 2 is 2.57 bits per heavy atom. The summed E-state index contributed by atoms with van der Waals surface area (Å²) in [6.07, 6.45) is 8.35. The van der Waals surface area contributed by atoms with Gasteiger partial charge in [0, 0.05) is 12.7 Å². The Morgan fingerprint density at radius 1 is 1.79 bits per heavy atom. The molecule has 1 aromatic rings. The van der Waals surface area contributed by atoms with Crippen LogP contribution in [-0.4, -0.2) is 28.7 Å². The second-order valence-corrected chi connectivity index (χ2v) is 2.82. The zero-order valence-corrected chi connectivity index (χ0v) is 8.16. The van der Waals surface area contributed by atoms with Crippen molar-refractivity contribution in [2.45, 2.75) is 13.5 Å². The smallest absolute Gasteiger partial charge is 0.179 e. The molecule has 14 heavy (non-hydrogen) atoms. The highest BCUT2D eigenvalue weighted by Gasteiger charge is 2.06. The van der Waals surface area contributed by atoms with Crippen molar-refractivity contribution in [3.8, 4) is 12.3 Å². The van der Waals surface area contributed by atoms with Crippen LogP contribution in [-0.2, 0) is 6.54 Å². The van der Waals surface area contributed by atoms with E-state index in [9.17, 15) is 4.79 Å². The quantitative estimate of drug-likeness (QED) is 0.414. The monoisotopic (exact) mass is 191 g/mol. The maximum atomic E-state index is 11.5. The average molecular weight is 191 g/mol. The molecule has 0 saturated carbocycles. The van der Waals surface area contributed by atoms with E-state index in [0.29, 0.717) is 12.1 Å². The Labute approximate surface area is 83.3 Å². The number of terminal acetylenes is 1. The van der Waals surface area contributed by atoms with Crippen LogP contribution in [0, 0.1) is 12.3 Å². The molecule has 0 amide bonds. The van der Waals surface area contributed by atoms with Gasteiger partial charge in [-0.15, -0.1) is 6.42 Å². The lowest BCUT2D eigenvalue weighted by Crippen LogP contribution is -2.22. The van der Waals surface area contributed by atoms with Crippen LogP contribution in [0.15, 0.2) is 12.4 Å². The van der Waals surface area contributed by atoms with Crippen LogP contribution >= 0.6 is 0 Å². The fourth-order valence-electron chi connectivity index (χ4n) is 1.03. The molecule has 0 aliphatic carbocycles. The van der Waals surface area contributed by atoms with Gasteiger partial charge in [-0.1, -0.05) is 5.92 Å². The standard InChI is InChI=1S/C10H13N3O/c1-3-5-11-7-10(14)9-6-12-13(4-2)8-9/h1,6,8,11H,4-5,7H2,2H3. The molecular weight excluding hydrogens is 178 g/mol. The number of hydrogen-bond acceptors (Lipinski definition) is 3. The molecule has 0 atom stereocenters. The number of carbonyl (C=O) groups excluding carboxylic acids is 1. The Bertz CT molecular complexity index is 348. The van der Waals surface area contributed by atoms with E-state index in [0.717, 1.165) is 6.54 Å². The van der Waals surface area contributed by atoms with Crippen molar-refractivity contribution in [2.24, 2.45) is 0 Å². The summed E-state index contributed by atoms with van der Waals surface area (Å²) < 4.78 is 1.72. The zero-order valence-electron chi connectivity index (χ0n) is 8.16. The number of nitrogens with zero attached hydrogens (tertiary/aromatic N) is 2. The van der Waals surface area contributed by atoms with Crippen LogP contribution in [0.2, 0.25) is 0 Å². The summed E-state index contributed by atoms with van der Waals surface area (Å²) in [7, 11) is 0. The minimum atomic E-state index is 0.0138. The van der Waals surface area contributed by atoms with Gasteiger partial charge in [-0.3, -0.25) is 14.8 Å². The summed E-state index contributed by atoms with van der Waals surface area (Å²) in [5.41, 5.74) is 0.622. The predicted molar refractivity (Wildman–Crippen MR) is 53.9 cm³/mol. The summed E-state index contributed by atoms with van der Waals surface area (Å²) >= 11 is 0. The number of aromatic nitrogens is 2. The van der Waals surface area contributed by atoms with Crippen molar-refractivity contribution < 1.29 is 4.79 Å². The number of nitrogens with one attached hydrogen (secondary N) is 1. The summed E-state index contributed by atoms with van der Waals surface area (Å²) in [5.74, 6) is 2.42. The lowest BCUT2D eigenvalue weighted by Gasteiger charge is -1.96. The summed E-state index contributed by atoms with van der Waals surface area (Å²) in [5, 5.41) is 6.85. The molecule has 0 aliphatic rings. The number of aryl methyl sites for hydroxylation is 1. The first-order valence-electron chi connectivity index (χ1n) is 4.47. The second kappa shape index (κ2) is 5.20. The van der Waals surface area contributed by atoms with E-state index in [1.807, 2.05) is 6.92 Å². The molecule has 1 N–H and O–H groups in total. The molecule has 4 nitrogen and oxygen atoms in total. The number of ketones is 1. The molecule has 74 valence electrons. The Balaban J connectivity index is 2.48. The molecule has 0 fully saturated rings. The van der Waals surface area contributed by atoms with Crippen LogP contribution in [0.5, 0.6) is 0 Å². The molecule has 1 aromatic heterocycles. The Kier molecular flexibility index (Phi) is 3.89. The van der Waals surface area contributed by atoms with Gasteiger partial charge in [0.1, 0.15) is 0 Å². The van der Waals surface area contributed by atoms with Gasteiger partial charge < -0.3 is 0 Å². The van der Waals surface area contributed by atoms with Crippen molar-refractivity contribution in [1.29, 1.82) is 0 Å². The average Bonchev–Trinajstić information content (AvgIpc) is 2.66. The zero-order chi connectivity index (χ0) is 10.4. The van der Waals surface area contributed by atoms with Crippen LogP contribution in [0.25, 0.3) is 0 Å². The molecule has 0 bridgehead atoms. The van der Waals surface area contributed by atoms with Crippen molar-refractivity contribution in [2.75, 3.05) is 13.1 Å². The molecule has 4 heteroatoms. The van der Waals surface area contributed by atoms with E-state index in [1.165, 1.54) is 0 Å². The summed E-state index contributed by atoms with van der Waals surface area (Å²) in [6.45, 7) is 3.41. The molecule has 0 aromatic carbocycles. The van der Waals surface area contributed by atoms with E-state index in [1.54, 1.807) is 17.1 Å². The van der Waals surface area contributed by atoms with E-state index in [-0.39, 0.29) is 12.3 Å². The molecule has 0 spiro atoms. The molecule has 0 radical (unpaired) electrons. The van der Waals surface area contributed by atoms with Crippen molar-refractivity contribution >= 4 is 5.78 Å². The molecule has 0 unspecified atom stereocenters. The number of carbonyl (C=O) groups is 1. The van der Waals surface area contributed by atoms with Gasteiger partial charge in [0.05, 0.1) is 24.8 Å². The first-order chi connectivity index (χ1) is 6.77. The third-order valence-corrected chi connectivity index (χ3v) is 1.79. The molecule has 0 saturated heterocycles. The van der Waals surface area contributed by atoms with Crippen LogP contribution in [0.4, 0.5) is 0 Å². The number of hydrogen-bond donors (Lipinski definition) is 1. The second-order valence-electron chi connectivity index (χ2n) is 2.82. The number of Topliss-reactive ketones (excluding diaryl/α,β-unsaturated/α-hetero) is 1. The number of rotatable bonds is 5. The first kappa shape index (κ1) is 10.5. The topological polar surface area (TPSA) is 46.9 Å². The fraction of sp³-hybridized carbons (Fsp3) is 0.400. The molecule has 0 aliphatic heterocycles. The van der Waals surface area contributed by atoms with E-state index in [2.05, 4.69) is 16.3 Å². The van der Waals surface area contributed by atoms with Crippen molar-refractivity contribution in [3.05, 3.63) is 18.0 Å². The predicted octanol–water partition coefficient (Wildman–Crippen LogP) is 0.308. The maximum absolute atomic E-state index is 11.5. The summed E-state index contributed by atoms with van der Waals surface area (Å²) in [4.78, 5) is 11.5. The minimum absolute atomic E-state index is 0.0138. The van der Waals surface area contributed by atoms with Gasteiger partial charge in [-0.25, -0.2) is 0 Å². The Morgan fingerprint density at radius 3 is 3.14 bits per heavy atom. The molecular formula is C10H13N3O. The summed E-state index contributed by atoms with van der Waals surface area (Å²) in [6, 6.07) is 0. The third-order valence-electron chi connectivity index (χ3n) is 1.79. The first-order valence-corrected chi connectivity index (χ1v) is 4.47. The van der Waals surface area contributed by atoms with Gasteiger partial charge >= 0.3 is 0 Å². The van der Waals surface area contributed by atoms with Gasteiger partial charge in [-0.05, 0) is 6.92 Å². The van der Waals surface area contributed by atoms with E-state index >= 15 is 0 Å². The van der Waals surface area contributed by atoms with Crippen LogP contribution in [0.3, 0.4) is 0 Å². The Hall–Kier alpha value is -1.60. The third kappa shape index (κ3) is 2.71. The van der Waals surface area contributed by atoms with Crippen molar-refractivity contribution in [3.63, 3.8) is 0 Å². The van der Waals surface area contributed by atoms with Gasteiger partial charge in [0.2, 0.25) is 0 Å².